The average molecular weight is 213 g/mol. The molecule has 3 nitrogen and oxygen atoms in total. The maximum Gasteiger partial charge on any atom is 0.225 e. The first-order valence-electron chi connectivity index (χ1n) is 5.79. The highest BCUT2D eigenvalue weighted by Crippen LogP contribution is 2.25. The highest BCUT2D eigenvalue weighted by atomic mass is 16.3. The van der Waals surface area contributed by atoms with Crippen molar-refractivity contribution < 1.29 is 9.90 Å². The van der Waals surface area contributed by atoms with E-state index in [1.807, 2.05) is 20.8 Å². The number of carbonyl (C=O) groups excluding carboxylic acids is 1. The number of hydrogen-bond donors (Lipinski definition) is 2. The Morgan fingerprint density at radius 2 is 1.93 bits per heavy atom. The van der Waals surface area contributed by atoms with E-state index in [1.165, 1.54) is 0 Å². The largest absolute Gasteiger partial charge is 0.393 e. The van der Waals surface area contributed by atoms with Crippen molar-refractivity contribution in [2.24, 2.45) is 11.3 Å². The molecule has 0 aromatic carbocycles. The van der Waals surface area contributed by atoms with Gasteiger partial charge in [-0.25, -0.2) is 0 Å². The second kappa shape index (κ2) is 4.52. The van der Waals surface area contributed by atoms with Crippen molar-refractivity contribution in [1.29, 1.82) is 0 Å². The molecule has 3 atom stereocenters. The number of aliphatic hydroxyl groups is 1. The van der Waals surface area contributed by atoms with Gasteiger partial charge < -0.3 is 10.4 Å². The summed E-state index contributed by atoms with van der Waals surface area (Å²) >= 11 is 0. The van der Waals surface area contributed by atoms with Crippen LogP contribution in [0.15, 0.2) is 0 Å². The lowest BCUT2D eigenvalue weighted by Crippen LogP contribution is -2.46. The Kier molecular flexibility index (Phi) is 3.77. The van der Waals surface area contributed by atoms with Gasteiger partial charge in [0.15, 0.2) is 0 Å². The molecule has 0 heterocycles. The molecule has 3 unspecified atom stereocenters. The molecule has 0 spiro atoms. The molecular formula is C12H23NO2. The first-order chi connectivity index (χ1) is 6.80. The Morgan fingerprint density at radius 1 is 1.33 bits per heavy atom. The van der Waals surface area contributed by atoms with E-state index in [0.717, 1.165) is 12.8 Å². The highest BCUT2D eigenvalue weighted by Gasteiger charge is 2.29. The number of amides is 1. The number of rotatable bonds is 1. The minimum absolute atomic E-state index is 0.0780. The third kappa shape index (κ3) is 3.49. The predicted molar refractivity (Wildman–Crippen MR) is 60.4 cm³/mol. The Hall–Kier alpha value is -0.570. The Balaban J connectivity index is 2.44. The zero-order valence-electron chi connectivity index (χ0n) is 10.2. The summed E-state index contributed by atoms with van der Waals surface area (Å²) in [4.78, 5) is 11.7. The zero-order valence-corrected chi connectivity index (χ0v) is 10.2. The van der Waals surface area contributed by atoms with E-state index in [2.05, 4.69) is 12.2 Å². The van der Waals surface area contributed by atoms with Crippen molar-refractivity contribution in [3.05, 3.63) is 0 Å². The Labute approximate surface area is 92.3 Å². The highest BCUT2D eigenvalue weighted by molar-refractivity contribution is 5.81. The first-order valence-corrected chi connectivity index (χ1v) is 5.79. The van der Waals surface area contributed by atoms with E-state index in [1.54, 1.807) is 0 Å². The maximum absolute atomic E-state index is 11.7. The molecule has 0 aliphatic heterocycles. The van der Waals surface area contributed by atoms with Gasteiger partial charge in [0.1, 0.15) is 0 Å². The van der Waals surface area contributed by atoms with Gasteiger partial charge in [-0.1, -0.05) is 27.7 Å². The molecule has 1 fully saturated rings. The average Bonchev–Trinajstić information content (AvgIpc) is 2.10. The lowest BCUT2D eigenvalue weighted by molar-refractivity contribution is -0.129. The fourth-order valence-corrected chi connectivity index (χ4v) is 1.83. The molecule has 3 heteroatoms. The summed E-state index contributed by atoms with van der Waals surface area (Å²) < 4.78 is 0. The topological polar surface area (TPSA) is 49.3 Å². The lowest BCUT2D eigenvalue weighted by Gasteiger charge is -2.33. The van der Waals surface area contributed by atoms with Crippen LogP contribution in [-0.2, 0) is 4.79 Å². The number of nitrogens with one attached hydrogen (secondary N) is 1. The van der Waals surface area contributed by atoms with Crippen LogP contribution in [-0.4, -0.2) is 23.2 Å². The Morgan fingerprint density at radius 3 is 2.40 bits per heavy atom. The van der Waals surface area contributed by atoms with E-state index in [9.17, 15) is 9.90 Å². The van der Waals surface area contributed by atoms with Crippen molar-refractivity contribution >= 4 is 5.91 Å². The molecular weight excluding hydrogens is 190 g/mol. The fourth-order valence-electron chi connectivity index (χ4n) is 1.83. The van der Waals surface area contributed by atoms with Gasteiger partial charge in [0, 0.05) is 11.5 Å². The summed E-state index contributed by atoms with van der Waals surface area (Å²) in [6, 6.07) is 0.155. The van der Waals surface area contributed by atoms with Crippen LogP contribution < -0.4 is 5.32 Å². The molecule has 0 radical (unpaired) electrons. The summed E-state index contributed by atoms with van der Waals surface area (Å²) in [7, 11) is 0. The zero-order chi connectivity index (χ0) is 11.6. The van der Waals surface area contributed by atoms with Gasteiger partial charge >= 0.3 is 0 Å². The third-order valence-electron chi connectivity index (χ3n) is 3.17. The van der Waals surface area contributed by atoms with Gasteiger partial charge in [-0.2, -0.15) is 0 Å². The number of aliphatic hydroxyl groups excluding tert-OH is 1. The lowest BCUT2D eigenvalue weighted by atomic mass is 9.84. The molecule has 0 aromatic rings. The van der Waals surface area contributed by atoms with Gasteiger partial charge in [-0.3, -0.25) is 4.79 Å². The molecule has 2 N–H and O–H groups in total. The van der Waals surface area contributed by atoms with Crippen LogP contribution in [0.1, 0.15) is 47.0 Å². The summed E-state index contributed by atoms with van der Waals surface area (Å²) in [5, 5.41) is 12.7. The summed E-state index contributed by atoms with van der Waals surface area (Å²) in [6.45, 7) is 7.78. The first kappa shape index (κ1) is 12.5. The van der Waals surface area contributed by atoms with Gasteiger partial charge in [-0.05, 0) is 25.2 Å². The van der Waals surface area contributed by atoms with E-state index in [0.29, 0.717) is 12.3 Å². The molecule has 88 valence electrons. The van der Waals surface area contributed by atoms with Gasteiger partial charge in [0.2, 0.25) is 5.91 Å². The second-order valence-electron chi connectivity index (χ2n) is 5.78. The van der Waals surface area contributed by atoms with Gasteiger partial charge in [0.05, 0.1) is 6.10 Å². The van der Waals surface area contributed by atoms with Crippen LogP contribution in [0, 0.1) is 11.3 Å². The fraction of sp³-hybridized carbons (Fsp3) is 0.917. The van der Waals surface area contributed by atoms with E-state index in [4.69, 9.17) is 0 Å². The second-order valence-corrected chi connectivity index (χ2v) is 5.78. The van der Waals surface area contributed by atoms with Crippen LogP contribution in [0.2, 0.25) is 0 Å². The van der Waals surface area contributed by atoms with Crippen molar-refractivity contribution in [3.8, 4) is 0 Å². The van der Waals surface area contributed by atoms with Crippen molar-refractivity contribution in [3.63, 3.8) is 0 Å². The van der Waals surface area contributed by atoms with Gasteiger partial charge in [-0.15, -0.1) is 0 Å². The van der Waals surface area contributed by atoms with Crippen molar-refractivity contribution in [2.75, 3.05) is 0 Å². The quantitative estimate of drug-likeness (QED) is 0.696. The van der Waals surface area contributed by atoms with Crippen LogP contribution >= 0.6 is 0 Å². The SMILES string of the molecule is CC1CCC(NC(=O)C(C)(C)C)CC1O. The summed E-state index contributed by atoms with van der Waals surface area (Å²) in [5.74, 6) is 0.446. The van der Waals surface area contributed by atoms with Crippen molar-refractivity contribution in [1.82, 2.24) is 5.32 Å². The van der Waals surface area contributed by atoms with Crippen LogP contribution in [0.5, 0.6) is 0 Å². The molecule has 15 heavy (non-hydrogen) atoms. The molecule has 1 saturated carbocycles. The van der Waals surface area contributed by atoms with E-state index in [-0.39, 0.29) is 23.5 Å². The van der Waals surface area contributed by atoms with E-state index >= 15 is 0 Å². The third-order valence-corrected chi connectivity index (χ3v) is 3.17. The smallest absolute Gasteiger partial charge is 0.225 e. The van der Waals surface area contributed by atoms with Crippen molar-refractivity contribution in [2.45, 2.75) is 59.1 Å². The normalized spacial score (nSPS) is 32.5. The molecule has 1 rings (SSSR count). The van der Waals surface area contributed by atoms with Crippen LogP contribution in [0.25, 0.3) is 0 Å². The molecule has 0 bridgehead atoms. The molecule has 0 saturated heterocycles. The number of hydrogen-bond acceptors (Lipinski definition) is 2. The van der Waals surface area contributed by atoms with Gasteiger partial charge in [0.25, 0.3) is 0 Å². The van der Waals surface area contributed by atoms with Crippen LogP contribution in [0.3, 0.4) is 0 Å². The predicted octanol–water partition coefficient (Wildman–Crippen LogP) is 1.70. The summed E-state index contributed by atoms with van der Waals surface area (Å²) in [6.07, 6.45) is 2.42. The minimum Gasteiger partial charge on any atom is -0.393 e. The van der Waals surface area contributed by atoms with Crippen LogP contribution in [0.4, 0.5) is 0 Å². The monoisotopic (exact) mass is 213 g/mol. The summed E-state index contributed by atoms with van der Waals surface area (Å²) in [5.41, 5.74) is -0.339. The molecule has 1 amide bonds. The Bertz CT molecular complexity index is 232. The molecule has 0 aromatic heterocycles. The van der Waals surface area contributed by atoms with E-state index < -0.39 is 0 Å². The number of carbonyl (C=O) groups is 1. The molecule has 1 aliphatic carbocycles. The standard InChI is InChI=1S/C12H23NO2/c1-8-5-6-9(7-10(8)14)13-11(15)12(2,3)4/h8-10,14H,5-7H2,1-4H3,(H,13,15). The minimum atomic E-state index is -0.339. The molecule has 1 aliphatic rings. The maximum atomic E-state index is 11.7.